The van der Waals surface area contributed by atoms with Crippen LogP contribution in [-0.4, -0.2) is 227 Å². The molecule has 0 spiro atoms. The van der Waals surface area contributed by atoms with Crippen molar-refractivity contribution in [3.05, 3.63) is 12.2 Å². The van der Waals surface area contributed by atoms with Gasteiger partial charge in [-0.2, -0.15) is 0 Å². The minimum Gasteiger partial charge on any atom is -0.390 e. The molecular weight excluding hydrogens is 1100 g/mol. The van der Waals surface area contributed by atoms with Crippen molar-refractivity contribution in [1.82, 2.24) is 55.6 Å². The van der Waals surface area contributed by atoms with E-state index in [1.54, 1.807) is 61.5 Å². The minimum absolute atomic E-state index is 0.131. The van der Waals surface area contributed by atoms with E-state index >= 15 is 9.59 Å². The minimum atomic E-state index is -1.62. The van der Waals surface area contributed by atoms with Crippen molar-refractivity contribution in [3.8, 4) is 0 Å². The molecule has 2 unspecified atom stereocenters. The fourth-order valence-corrected chi connectivity index (χ4v) is 10.8. The normalized spacial score (nSPS) is 26.8. The van der Waals surface area contributed by atoms with Crippen molar-refractivity contribution >= 4 is 65.0 Å². The van der Waals surface area contributed by atoms with Gasteiger partial charge in [0, 0.05) is 49.3 Å². The number of hydrogen-bond donors (Lipinski definition) is 5. The van der Waals surface area contributed by atoms with E-state index in [1.165, 1.54) is 87.7 Å². The summed E-state index contributed by atoms with van der Waals surface area (Å²) in [7, 11) is 9.93. The van der Waals surface area contributed by atoms with Gasteiger partial charge in [-0.1, -0.05) is 116 Å². The number of aliphatic hydroxyl groups excluding tert-OH is 1. The topological polar surface area (TPSA) is 279 Å². The zero-order chi connectivity index (χ0) is 66.8. The summed E-state index contributed by atoms with van der Waals surface area (Å²) in [6.45, 7) is 31.1. The molecule has 1 fully saturated rings. The lowest BCUT2D eigenvalue weighted by molar-refractivity contribution is -0.157. The number of rotatable bonds is 15. The van der Waals surface area contributed by atoms with Crippen LogP contribution in [0.1, 0.15) is 157 Å². The summed E-state index contributed by atoms with van der Waals surface area (Å²) in [4.78, 5) is 169. The lowest BCUT2D eigenvalue weighted by Gasteiger charge is -2.41. The second-order valence-corrected chi connectivity index (χ2v) is 26.9. The van der Waals surface area contributed by atoms with Crippen LogP contribution in [-0.2, 0) is 52.7 Å². The zero-order valence-electron chi connectivity index (χ0n) is 56.9. The number of nitrogens with zero attached hydrogens (tertiary/aromatic N) is 7. The third kappa shape index (κ3) is 21.6. The molecule has 0 radical (unpaired) electrons. The van der Waals surface area contributed by atoms with Crippen molar-refractivity contribution in [3.63, 3.8) is 0 Å². The maximum absolute atomic E-state index is 15.2. The quantitative estimate of drug-likeness (QED) is 0.147. The molecule has 1 saturated heterocycles. The number of allylic oxidation sites excluding steroid dienone is 2. The van der Waals surface area contributed by atoms with Gasteiger partial charge in [0.05, 0.1) is 12.6 Å². The molecule has 23 heteroatoms. The standard InChI is InChI=1S/C63H113N11O12/c1-26-27-28-41(16)53(76)52-57(80)67-49(38(10)11)61(84)68(19)33-48(75)69(20)44(29-34(2)3)56(79)66-50(39(12)13)62(85)70(21)45(30-35(4)5)55(78)64-42(17)54(77)65-43(18)58(81)71(22)46(31-36(6)7)59(82)72(23)47(32-37(8)9)60(83)73(24)51(40(14)15)63(86)74(52)25/h26-27,34-47,49-53,76H,28-33H2,1-25H3,(H,64,78)(H,65,77)(H,66,79)(H,67,80)/b27-26+/t41?,42-,43-,44-,45-,46-,47-,49-,50-,51-,52-,53?/m0/s1. The molecular formula is C63H113N11O12. The fraction of sp³-hybridized carbons (Fsp3) is 0.794. The van der Waals surface area contributed by atoms with Crippen LogP contribution in [0.5, 0.6) is 0 Å². The second kappa shape index (κ2) is 35.0. The Hall–Kier alpha value is -6.13. The molecule has 0 aromatic heterocycles. The van der Waals surface area contributed by atoms with Crippen LogP contribution in [0.25, 0.3) is 0 Å². The summed E-state index contributed by atoms with van der Waals surface area (Å²) in [5, 5.41) is 23.2. The number of carbonyl (C=O) groups excluding carboxylic acids is 11. The summed E-state index contributed by atoms with van der Waals surface area (Å²) in [6, 6.07) is -12.4. The Morgan fingerprint density at radius 1 is 0.419 bits per heavy atom. The van der Waals surface area contributed by atoms with E-state index in [0.29, 0.717) is 6.42 Å². The van der Waals surface area contributed by atoms with Gasteiger partial charge in [-0.05, 0) is 100 Å². The molecule has 1 aliphatic rings. The van der Waals surface area contributed by atoms with Crippen LogP contribution in [0, 0.1) is 47.3 Å². The van der Waals surface area contributed by atoms with Crippen molar-refractivity contribution in [2.24, 2.45) is 47.3 Å². The predicted molar refractivity (Wildman–Crippen MR) is 333 cm³/mol. The molecule has 0 aromatic carbocycles. The van der Waals surface area contributed by atoms with Crippen LogP contribution in [0.4, 0.5) is 0 Å². The van der Waals surface area contributed by atoms with Crippen LogP contribution >= 0.6 is 0 Å². The second-order valence-electron chi connectivity index (χ2n) is 26.9. The summed E-state index contributed by atoms with van der Waals surface area (Å²) in [5.74, 6) is -10.3. The molecule has 86 heavy (non-hydrogen) atoms. The van der Waals surface area contributed by atoms with Gasteiger partial charge < -0.3 is 60.7 Å². The van der Waals surface area contributed by atoms with Crippen LogP contribution in [0.3, 0.4) is 0 Å². The number of hydrogen-bond acceptors (Lipinski definition) is 12. The zero-order valence-corrected chi connectivity index (χ0v) is 56.9. The Balaban J connectivity index is 4.37. The van der Waals surface area contributed by atoms with Crippen molar-refractivity contribution in [2.45, 2.75) is 223 Å². The van der Waals surface area contributed by atoms with Gasteiger partial charge in [0.15, 0.2) is 0 Å². The largest absolute Gasteiger partial charge is 0.390 e. The van der Waals surface area contributed by atoms with E-state index in [9.17, 15) is 48.3 Å². The molecule has 492 valence electrons. The molecule has 1 heterocycles. The highest BCUT2D eigenvalue weighted by Gasteiger charge is 2.46. The van der Waals surface area contributed by atoms with Gasteiger partial charge in [0.2, 0.25) is 65.0 Å². The molecule has 0 aromatic rings. The first-order valence-electron chi connectivity index (χ1n) is 30.9. The van der Waals surface area contributed by atoms with Gasteiger partial charge in [-0.3, -0.25) is 52.7 Å². The van der Waals surface area contributed by atoms with Crippen molar-refractivity contribution < 1.29 is 57.8 Å². The highest BCUT2D eigenvalue weighted by molar-refractivity contribution is 5.99. The van der Waals surface area contributed by atoms with E-state index in [-0.39, 0.29) is 49.4 Å². The van der Waals surface area contributed by atoms with E-state index < -0.39 is 162 Å². The monoisotopic (exact) mass is 1220 g/mol. The molecule has 1 aliphatic heterocycles. The lowest BCUT2D eigenvalue weighted by Crippen LogP contribution is -2.64. The summed E-state index contributed by atoms with van der Waals surface area (Å²) in [6.07, 6.45) is 3.00. The number of likely N-dealkylation sites (N-methyl/N-ethyl adjacent to an activating group) is 7. The maximum Gasteiger partial charge on any atom is 0.246 e. The van der Waals surface area contributed by atoms with Gasteiger partial charge in [-0.25, -0.2) is 0 Å². The lowest BCUT2D eigenvalue weighted by atomic mass is 9.91. The first kappa shape index (κ1) is 77.9. The summed E-state index contributed by atoms with van der Waals surface area (Å²) >= 11 is 0. The average molecular weight is 1220 g/mol. The number of carbonyl (C=O) groups is 11. The van der Waals surface area contributed by atoms with E-state index in [2.05, 4.69) is 21.3 Å². The molecule has 0 aliphatic carbocycles. The molecule has 0 saturated carbocycles. The predicted octanol–water partition coefficient (Wildman–Crippen LogP) is 3.52. The SMILES string of the molecule is C/C=C/CC(C)C(O)[C@H]1C(=O)N[C@@H](C(C)C)C(=O)N(C)CC(=O)N(C)[C@@H](CC(C)C)C(=O)N[C@@H](C(C)C)C(=O)N(C)[C@@H](CC(C)C)C(=O)N[C@@H](C)C(=O)N[C@@H](C)C(=O)N(C)[C@@H](CC(C)C)C(=O)N(C)[C@@H](CC(C)C)C(=O)N(C)[C@@H](C(C)C)C(=O)N1C. The molecule has 23 nitrogen and oxygen atoms in total. The van der Waals surface area contributed by atoms with E-state index in [1.807, 2.05) is 61.5 Å². The van der Waals surface area contributed by atoms with Gasteiger partial charge in [0.25, 0.3) is 0 Å². The maximum atomic E-state index is 15.2. The van der Waals surface area contributed by atoms with Gasteiger partial charge in [-0.15, -0.1) is 0 Å². The van der Waals surface area contributed by atoms with Crippen LogP contribution in [0.2, 0.25) is 0 Å². The van der Waals surface area contributed by atoms with Crippen molar-refractivity contribution in [1.29, 1.82) is 0 Å². The number of nitrogens with one attached hydrogen (secondary N) is 4. The Kier molecular flexibility index (Phi) is 31.7. The summed E-state index contributed by atoms with van der Waals surface area (Å²) < 4.78 is 0. The summed E-state index contributed by atoms with van der Waals surface area (Å²) in [5.41, 5.74) is 0. The van der Waals surface area contributed by atoms with E-state index in [4.69, 9.17) is 0 Å². The third-order valence-corrected chi connectivity index (χ3v) is 16.3. The Morgan fingerprint density at radius 3 is 1.23 bits per heavy atom. The van der Waals surface area contributed by atoms with E-state index in [0.717, 1.165) is 9.80 Å². The van der Waals surface area contributed by atoms with Gasteiger partial charge >= 0.3 is 0 Å². The first-order chi connectivity index (χ1) is 39.6. The first-order valence-corrected chi connectivity index (χ1v) is 30.9. The third-order valence-electron chi connectivity index (χ3n) is 16.3. The molecule has 12 atom stereocenters. The number of amides is 11. The molecule has 5 N–H and O–H groups in total. The Labute approximate surface area is 515 Å². The highest BCUT2D eigenvalue weighted by atomic mass is 16.3. The smallest absolute Gasteiger partial charge is 0.246 e. The van der Waals surface area contributed by atoms with Crippen molar-refractivity contribution in [2.75, 3.05) is 55.9 Å². The highest BCUT2D eigenvalue weighted by Crippen LogP contribution is 2.26. The molecule has 1 rings (SSSR count). The van der Waals surface area contributed by atoms with Gasteiger partial charge in [0.1, 0.15) is 60.4 Å². The molecule has 11 amide bonds. The van der Waals surface area contributed by atoms with Crippen LogP contribution in [0.15, 0.2) is 12.2 Å². The average Bonchev–Trinajstić information content (AvgIpc) is 2.16. The Morgan fingerprint density at radius 2 is 0.791 bits per heavy atom. The number of aliphatic hydroxyl groups is 1. The van der Waals surface area contributed by atoms with Crippen LogP contribution < -0.4 is 21.3 Å². The Bertz CT molecular complexity index is 2360. The molecule has 0 bridgehead atoms. The fourth-order valence-electron chi connectivity index (χ4n) is 10.8.